The maximum Gasteiger partial charge on any atom is 0.273 e. The van der Waals surface area contributed by atoms with E-state index < -0.39 is 4.92 Å². The molecule has 0 aliphatic heterocycles. The van der Waals surface area contributed by atoms with Crippen LogP contribution in [0.2, 0.25) is 0 Å². The molecular formula is C14H14BrN3O3. The van der Waals surface area contributed by atoms with Gasteiger partial charge in [0.1, 0.15) is 0 Å². The standard InChI is InChI=1S/C14H14BrN3O3/c1-9(16-2)10-5-6-17-14(7-10)21-13-8-11(18(19)20)3-4-12(13)15/h3-9,16H,1-2H3. The normalized spacial score (nSPS) is 12.0. The Morgan fingerprint density at radius 1 is 1.38 bits per heavy atom. The van der Waals surface area contributed by atoms with Crippen molar-refractivity contribution >= 4 is 21.6 Å². The van der Waals surface area contributed by atoms with E-state index >= 15 is 0 Å². The highest BCUT2D eigenvalue weighted by Crippen LogP contribution is 2.32. The molecule has 0 fully saturated rings. The Balaban J connectivity index is 2.29. The minimum Gasteiger partial charge on any atom is -0.438 e. The summed E-state index contributed by atoms with van der Waals surface area (Å²) in [6, 6.07) is 8.18. The number of aromatic nitrogens is 1. The van der Waals surface area contributed by atoms with Gasteiger partial charge in [0.2, 0.25) is 5.88 Å². The van der Waals surface area contributed by atoms with Crippen LogP contribution in [0.5, 0.6) is 11.6 Å². The average molecular weight is 352 g/mol. The van der Waals surface area contributed by atoms with Crippen molar-refractivity contribution in [3.63, 3.8) is 0 Å². The van der Waals surface area contributed by atoms with Crippen molar-refractivity contribution in [2.24, 2.45) is 0 Å². The number of rotatable bonds is 5. The average Bonchev–Trinajstić information content (AvgIpc) is 2.48. The molecule has 0 aliphatic rings. The second-order valence-electron chi connectivity index (χ2n) is 4.41. The number of nitrogens with zero attached hydrogens (tertiary/aromatic N) is 2. The summed E-state index contributed by atoms with van der Waals surface area (Å²) >= 11 is 3.31. The lowest BCUT2D eigenvalue weighted by Gasteiger charge is -2.12. The van der Waals surface area contributed by atoms with Crippen LogP contribution in [0, 0.1) is 10.1 Å². The summed E-state index contributed by atoms with van der Waals surface area (Å²) in [5, 5.41) is 13.9. The molecule has 21 heavy (non-hydrogen) atoms. The van der Waals surface area contributed by atoms with Gasteiger partial charge >= 0.3 is 0 Å². The van der Waals surface area contributed by atoms with Crippen LogP contribution < -0.4 is 10.1 Å². The zero-order chi connectivity index (χ0) is 15.4. The first-order chi connectivity index (χ1) is 10.0. The molecule has 1 heterocycles. The van der Waals surface area contributed by atoms with Crippen LogP contribution in [-0.2, 0) is 0 Å². The molecular weight excluding hydrogens is 338 g/mol. The van der Waals surface area contributed by atoms with Gasteiger partial charge in [0.15, 0.2) is 5.75 Å². The third-order valence-electron chi connectivity index (χ3n) is 3.03. The highest BCUT2D eigenvalue weighted by molar-refractivity contribution is 9.10. The molecule has 1 aromatic heterocycles. The van der Waals surface area contributed by atoms with Gasteiger partial charge in [-0.1, -0.05) is 0 Å². The van der Waals surface area contributed by atoms with E-state index in [2.05, 4.69) is 26.2 Å². The van der Waals surface area contributed by atoms with Crippen molar-refractivity contribution in [3.05, 3.63) is 56.7 Å². The molecule has 7 heteroatoms. The van der Waals surface area contributed by atoms with Crippen LogP contribution in [0.15, 0.2) is 41.0 Å². The van der Waals surface area contributed by atoms with Gasteiger partial charge < -0.3 is 10.1 Å². The van der Waals surface area contributed by atoms with Crippen LogP contribution in [0.4, 0.5) is 5.69 Å². The topological polar surface area (TPSA) is 77.3 Å². The summed E-state index contributed by atoms with van der Waals surface area (Å²) in [6.45, 7) is 2.02. The molecule has 1 N–H and O–H groups in total. The van der Waals surface area contributed by atoms with Gasteiger partial charge in [-0.2, -0.15) is 0 Å². The Kier molecular flexibility index (Phi) is 4.87. The van der Waals surface area contributed by atoms with Crippen LogP contribution >= 0.6 is 15.9 Å². The number of halogens is 1. The van der Waals surface area contributed by atoms with Gasteiger partial charge in [0.05, 0.1) is 15.5 Å². The summed E-state index contributed by atoms with van der Waals surface area (Å²) in [7, 11) is 1.86. The van der Waals surface area contributed by atoms with E-state index in [0.29, 0.717) is 16.1 Å². The summed E-state index contributed by atoms with van der Waals surface area (Å²) in [4.78, 5) is 14.5. The van der Waals surface area contributed by atoms with E-state index in [1.807, 2.05) is 20.0 Å². The summed E-state index contributed by atoms with van der Waals surface area (Å²) < 4.78 is 6.27. The minimum absolute atomic E-state index is 0.0343. The second-order valence-corrected chi connectivity index (χ2v) is 5.27. The number of hydrogen-bond acceptors (Lipinski definition) is 5. The fourth-order valence-corrected chi connectivity index (χ4v) is 2.04. The minimum atomic E-state index is -0.466. The summed E-state index contributed by atoms with van der Waals surface area (Å²) in [5.74, 6) is 0.738. The van der Waals surface area contributed by atoms with Crippen molar-refractivity contribution in [2.75, 3.05) is 7.05 Å². The summed E-state index contributed by atoms with van der Waals surface area (Å²) in [6.07, 6.45) is 1.64. The molecule has 1 atom stereocenters. The number of hydrogen-bond donors (Lipinski definition) is 1. The van der Waals surface area contributed by atoms with E-state index in [1.165, 1.54) is 12.1 Å². The molecule has 110 valence electrons. The number of ether oxygens (including phenoxy) is 1. The lowest BCUT2D eigenvalue weighted by Crippen LogP contribution is -2.12. The van der Waals surface area contributed by atoms with Gasteiger partial charge in [0.25, 0.3) is 5.69 Å². The molecule has 0 saturated heterocycles. The smallest absolute Gasteiger partial charge is 0.273 e. The Morgan fingerprint density at radius 3 is 2.81 bits per heavy atom. The fourth-order valence-electron chi connectivity index (χ4n) is 1.71. The predicted octanol–water partition coefficient (Wildman–Crippen LogP) is 3.83. The van der Waals surface area contributed by atoms with E-state index in [9.17, 15) is 10.1 Å². The first kappa shape index (κ1) is 15.4. The number of nitro groups is 1. The zero-order valence-electron chi connectivity index (χ0n) is 11.5. The first-order valence-electron chi connectivity index (χ1n) is 6.26. The lowest BCUT2D eigenvalue weighted by molar-refractivity contribution is -0.384. The number of nitrogens with one attached hydrogen (secondary N) is 1. The molecule has 6 nitrogen and oxygen atoms in total. The molecule has 1 aromatic carbocycles. The Hall–Kier alpha value is -1.99. The third kappa shape index (κ3) is 3.77. The van der Waals surface area contributed by atoms with E-state index in [-0.39, 0.29) is 11.7 Å². The van der Waals surface area contributed by atoms with Crippen molar-refractivity contribution in [2.45, 2.75) is 13.0 Å². The molecule has 1 unspecified atom stereocenters. The lowest BCUT2D eigenvalue weighted by atomic mass is 10.1. The molecule has 0 radical (unpaired) electrons. The van der Waals surface area contributed by atoms with Gasteiger partial charge in [0, 0.05) is 24.4 Å². The fraction of sp³-hybridized carbons (Fsp3) is 0.214. The van der Waals surface area contributed by atoms with Gasteiger partial charge in [-0.3, -0.25) is 10.1 Å². The van der Waals surface area contributed by atoms with Crippen molar-refractivity contribution in [3.8, 4) is 11.6 Å². The number of benzene rings is 1. The number of pyridine rings is 1. The maximum absolute atomic E-state index is 10.8. The molecule has 2 aromatic rings. The van der Waals surface area contributed by atoms with Gasteiger partial charge in [-0.15, -0.1) is 0 Å². The van der Waals surface area contributed by atoms with E-state index in [1.54, 1.807) is 18.3 Å². The largest absolute Gasteiger partial charge is 0.438 e. The maximum atomic E-state index is 10.8. The van der Waals surface area contributed by atoms with Crippen LogP contribution in [0.25, 0.3) is 0 Å². The van der Waals surface area contributed by atoms with Crippen molar-refractivity contribution in [1.29, 1.82) is 0 Å². The van der Waals surface area contributed by atoms with Gasteiger partial charge in [-0.05, 0) is 47.6 Å². The highest BCUT2D eigenvalue weighted by Gasteiger charge is 2.12. The van der Waals surface area contributed by atoms with Crippen LogP contribution in [0.3, 0.4) is 0 Å². The third-order valence-corrected chi connectivity index (χ3v) is 3.69. The van der Waals surface area contributed by atoms with Gasteiger partial charge in [-0.25, -0.2) is 4.98 Å². The Morgan fingerprint density at radius 2 is 2.14 bits per heavy atom. The molecule has 0 saturated carbocycles. The highest BCUT2D eigenvalue weighted by atomic mass is 79.9. The van der Waals surface area contributed by atoms with Crippen LogP contribution in [-0.4, -0.2) is 17.0 Å². The van der Waals surface area contributed by atoms with Crippen molar-refractivity contribution in [1.82, 2.24) is 10.3 Å². The first-order valence-corrected chi connectivity index (χ1v) is 7.05. The molecule has 0 amide bonds. The quantitative estimate of drug-likeness (QED) is 0.654. The Labute approximate surface area is 130 Å². The SMILES string of the molecule is CNC(C)c1ccnc(Oc2cc([N+](=O)[O-])ccc2Br)c1. The summed E-state index contributed by atoms with van der Waals surface area (Å²) in [5.41, 5.74) is 0.983. The predicted molar refractivity (Wildman–Crippen MR) is 82.6 cm³/mol. The monoisotopic (exact) mass is 351 g/mol. The molecule has 0 spiro atoms. The molecule has 0 aliphatic carbocycles. The Bertz CT molecular complexity index is 664. The van der Waals surface area contributed by atoms with E-state index in [4.69, 9.17) is 4.74 Å². The zero-order valence-corrected chi connectivity index (χ0v) is 13.1. The van der Waals surface area contributed by atoms with E-state index in [0.717, 1.165) is 5.56 Å². The second kappa shape index (κ2) is 6.64. The molecule has 2 rings (SSSR count). The number of nitro benzene ring substituents is 1. The van der Waals surface area contributed by atoms with Crippen molar-refractivity contribution < 1.29 is 9.66 Å². The molecule has 0 bridgehead atoms. The van der Waals surface area contributed by atoms with Crippen LogP contribution in [0.1, 0.15) is 18.5 Å². The number of non-ortho nitro benzene ring substituents is 1.